The summed E-state index contributed by atoms with van der Waals surface area (Å²) in [5, 5.41) is 11.4. The van der Waals surface area contributed by atoms with E-state index in [0.29, 0.717) is 28.1 Å². The van der Waals surface area contributed by atoms with Gasteiger partial charge in [-0.2, -0.15) is 0 Å². The van der Waals surface area contributed by atoms with Crippen molar-refractivity contribution in [3.8, 4) is 78.6 Å². The van der Waals surface area contributed by atoms with E-state index in [-0.39, 0.29) is 22.1 Å². The molecule has 7 aromatic carbocycles. The molecule has 0 amide bonds. The predicted molar refractivity (Wildman–Crippen MR) is 260 cm³/mol. The van der Waals surface area contributed by atoms with E-state index in [1.807, 2.05) is 77.5 Å². The number of benzene rings is 7. The van der Waals surface area contributed by atoms with Gasteiger partial charge >= 0.3 is 0 Å². The number of hydrogen-bond donors (Lipinski definition) is 1. The van der Waals surface area contributed by atoms with E-state index < -0.39 is 6.85 Å². The van der Waals surface area contributed by atoms with Gasteiger partial charge in [0.15, 0.2) is 0 Å². The van der Waals surface area contributed by atoms with E-state index in [9.17, 15) is 5.11 Å². The molecule has 0 fully saturated rings. The third kappa shape index (κ3) is 7.85. The van der Waals surface area contributed by atoms with Gasteiger partial charge in [0.2, 0.25) is 0 Å². The Morgan fingerprint density at radius 2 is 1.13 bits per heavy atom. The molecule has 9 aromatic rings. The van der Waals surface area contributed by atoms with Crippen LogP contribution in [0.15, 0.2) is 170 Å². The number of aromatic hydroxyl groups is 1. The summed E-state index contributed by atoms with van der Waals surface area (Å²) in [6.45, 7) is 12.8. The SMILES string of the molecule is [2H]C([2H])([2H])c1cc(-c2cc(C(C)(C)C)cc(C(C)(C)C)c2)ccc1-n1c(-c2ccccc2O)nc2c(-c3cc(-c4ccccc4)cc(-c4cc(-c5ccc(C)cc5)ccn4)c3)cccc21. The molecular formula is C58H53N3O. The first-order valence-corrected chi connectivity index (χ1v) is 21.3. The Hall–Kier alpha value is -7.04. The summed E-state index contributed by atoms with van der Waals surface area (Å²) in [4.78, 5) is 10.2. The van der Waals surface area contributed by atoms with Gasteiger partial charge in [0.1, 0.15) is 11.6 Å². The van der Waals surface area contributed by atoms with Crippen LogP contribution in [-0.4, -0.2) is 19.6 Å². The zero-order valence-corrected chi connectivity index (χ0v) is 36.5. The molecule has 0 aliphatic carbocycles. The smallest absolute Gasteiger partial charge is 0.149 e. The summed E-state index contributed by atoms with van der Waals surface area (Å²) in [6.07, 6.45) is 1.86. The van der Waals surface area contributed by atoms with E-state index in [1.165, 1.54) is 16.7 Å². The van der Waals surface area contributed by atoms with E-state index in [1.54, 1.807) is 12.1 Å². The molecule has 0 spiro atoms. The second-order valence-corrected chi connectivity index (χ2v) is 18.5. The summed E-state index contributed by atoms with van der Waals surface area (Å²) >= 11 is 0. The van der Waals surface area contributed by atoms with Gasteiger partial charge in [-0.1, -0.05) is 150 Å². The highest BCUT2D eigenvalue weighted by atomic mass is 16.3. The van der Waals surface area contributed by atoms with E-state index in [0.717, 1.165) is 55.8 Å². The van der Waals surface area contributed by atoms with Crippen LogP contribution < -0.4 is 0 Å². The molecule has 4 nitrogen and oxygen atoms in total. The average molecular weight is 811 g/mol. The lowest BCUT2D eigenvalue weighted by Gasteiger charge is -2.26. The molecule has 0 unspecified atom stereocenters. The van der Waals surface area contributed by atoms with E-state index >= 15 is 0 Å². The largest absolute Gasteiger partial charge is 0.507 e. The quantitative estimate of drug-likeness (QED) is 0.174. The maximum atomic E-state index is 11.4. The number of hydrogen-bond acceptors (Lipinski definition) is 3. The lowest BCUT2D eigenvalue weighted by molar-refractivity contribution is 0.477. The number of pyridine rings is 1. The fourth-order valence-electron chi connectivity index (χ4n) is 8.23. The second kappa shape index (κ2) is 15.8. The molecule has 2 heterocycles. The monoisotopic (exact) mass is 810 g/mol. The average Bonchev–Trinajstić information content (AvgIpc) is 3.68. The van der Waals surface area contributed by atoms with Crippen molar-refractivity contribution in [2.45, 2.75) is 66.1 Å². The molecule has 9 rings (SSSR count). The van der Waals surface area contributed by atoms with Gasteiger partial charge in [-0.05, 0) is 141 Å². The number of rotatable bonds is 7. The van der Waals surface area contributed by atoms with Gasteiger partial charge in [0.05, 0.1) is 28.0 Å². The van der Waals surface area contributed by atoms with Crippen molar-refractivity contribution in [2.24, 2.45) is 0 Å². The van der Waals surface area contributed by atoms with Crippen LogP contribution in [0.25, 0.3) is 83.9 Å². The Bertz CT molecular complexity index is 3190. The maximum absolute atomic E-state index is 11.4. The van der Waals surface area contributed by atoms with Crippen molar-refractivity contribution in [3.05, 3.63) is 192 Å². The summed E-state index contributed by atoms with van der Waals surface area (Å²) in [7, 11) is 0. The molecule has 0 aliphatic rings. The number of fused-ring (bicyclic) bond motifs is 1. The Labute approximate surface area is 370 Å². The number of imidazole rings is 1. The van der Waals surface area contributed by atoms with Crippen LogP contribution in [-0.2, 0) is 10.8 Å². The molecule has 0 radical (unpaired) electrons. The lowest BCUT2D eigenvalue weighted by Crippen LogP contribution is -2.16. The first-order valence-electron chi connectivity index (χ1n) is 22.8. The van der Waals surface area contributed by atoms with E-state index in [2.05, 4.69) is 133 Å². The van der Waals surface area contributed by atoms with Crippen LogP contribution in [0.2, 0.25) is 0 Å². The molecule has 1 N–H and O–H groups in total. The van der Waals surface area contributed by atoms with Crippen LogP contribution in [0.3, 0.4) is 0 Å². The molecule has 0 aliphatic heterocycles. The number of phenolic OH excluding ortho intramolecular Hbond substituents is 1. The van der Waals surface area contributed by atoms with Crippen LogP contribution in [0, 0.1) is 13.8 Å². The summed E-state index contributed by atoms with van der Waals surface area (Å²) in [5.41, 5.74) is 15.4. The molecule has 0 bridgehead atoms. The highest BCUT2D eigenvalue weighted by Gasteiger charge is 2.24. The zero-order valence-electron chi connectivity index (χ0n) is 39.5. The fraction of sp³-hybridized carbons (Fsp3) is 0.172. The summed E-state index contributed by atoms with van der Waals surface area (Å²) in [6, 6.07) is 55.0. The molecule has 62 heavy (non-hydrogen) atoms. The van der Waals surface area contributed by atoms with Crippen LogP contribution in [0.5, 0.6) is 5.75 Å². The van der Waals surface area contributed by atoms with Gasteiger partial charge in [-0.25, -0.2) is 4.98 Å². The van der Waals surface area contributed by atoms with Crippen LogP contribution >= 0.6 is 0 Å². The summed E-state index contributed by atoms with van der Waals surface area (Å²) < 4.78 is 28.9. The maximum Gasteiger partial charge on any atom is 0.149 e. The van der Waals surface area contributed by atoms with Gasteiger partial charge < -0.3 is 5.11 Å². The third-order valence-electron chi connectivity index (χ3n) is 11.9. The molecule has 2 aromatic heterocycles. The fourth-order valence-corrected chi connectivity index (χ4v) is 8.23. The molecule has 0 saturated heterocycles. The first kappa shape index (κ1) is 36.8. The van der Waals surface area contributed by atoms with Crippen molar-refractivity contribution < 1.29 is 9.22 Å². The number of para-hydroxylation sites is 2. The highest BCUT2D eigenvalue weighted by Crippen LogP contribution is 2.41. The van der Waals surface area contributed by atoms with E-state index in [4.69, 9.17) is 14.1 Å². The minimum Gasteiger partial charge on any atom is -0.507 e. The number of aromatic nitrogens is 3. The molecule has 0 atom stereocenters. The second-order valence-electron chi connectivity index (χ2n) is 18.5. The van der Waals surface area contributed by atoms with Crippen molar-refractivity contribution in [3.63, 3.8) is 0 Å². The van der Waals surface area contributed by atoms with Gasteiger partial charge in [-0.3, -0.25) is 9.55 Å². The minimum absolute atomic E-state index is 0.0410. The van der Waals surface area contributed by atoms with Crippen LogP contribution in [0.1, 0.15) is 67.9 Å². The Kier molecular flexibility index (Phi) is 9.36. The zero-order chi connectivity index (χ0) is 45.8. The van der Waals surface area contributed by atoms with Gasteiger partial charge in [0.25, 0.3) is 0 Å². The molecule has 306 valence electrons. The Morgan fingerprint density at radius 1 is 0.516 bits per heavy atom. The third-order valence-corrected chi connectivity index (χ3v) is 11.9. The summed E-state index contributed by atoms with van der Waals surface area (Å²) in [5.74, 6) is 0.472. The van der Waals surface area contributed by atoms with Gasteiger partial charge in [0, 0.05) is 21.4 Å². The van der Waals surface area contributed by atoms with Gasteiger partial charge in [-0.15, -0.1) is 0 Å². The van der Waals surface area contributed by atoms with Crippen molar-refractivity contribution in [2.75, 3.05) is 0 Å². The topological polar surface area (TPSA) is 50.9 Å². The first-order chi connectivity index (χ1) is 30.9. The molecule has 4 heteroatoms. The van der Waals surface area contributed by atoms with Crippen molar-refractivity contribution in [1.29, 1.82) is 0 Å². The standard InChI is InChI=1S/C58H53N3O/c1-37-21-23-40(24-22-37)42-27-28-59-51(35-42)46-31-43(39-15-10-9-11-16-39)30-45(32-46)49-18-14-19-53-55(49)60-56(50-17-12-13-20-54(50)62)61(53)52-26-25-41(29-38(52)2)44-33-47(57(3,4)5)36-48(34-44)58(6,7)8/h9-36,62H,1-8H3/i2D3. The number of phenols is 1. The number of aryl methyl sites for hydroxylation is 2. The van der Waals surface area contributed by atoms with Crippen LogP contribution in [0.4, 0.5) is 0 Å². The predicted octanol–water partition coefficient (Wildman–Crippen LogP) is 15.3. The number of nitrogens with zero attached hydrogens (tertiary/aromatic N) is 3. The Morgan fingerprint density at radius 3 is 1.84 bits per heavy atom. The Balaban J connectivity index is 1.28. The lowest BCUT2D eigenvalue weighted by atomic mass is 9.79. The molecular weight excluding hydrogens is 755 g/mol. The normalized spacial score (nSPS) is 12.9. The van der Waals surface area contributed by atoms with Crippen molar-refractivity contribution in [1.82, 2.24) is 14.5 Å². The minimum atomic E-state index is -2.50. The van der Waals surface area contributed by atoms with Crippen molar-refractivity contribution >= 4 is 11.0 Å². The molecule has 0 saturated carbocycles. The highest BCUT2D eigenvalue weighted by molar-refractivity contribution is 5.98.